The third-order valence-electron chi connectivity index (χ3n) is 4.28. The molecule has 0 saturated carbocycles. The number of carbonyl (C=O) groups excluding carboxylic acids is 1. The van der Waals surface area contributed by atoms with Gasteiger partial charge in [-0.3, -0.25) is 4.79 Å². The molecule has 0 spiro atoms. The maximum atomic E-state index is 12.4. The second-order valence-corrected chi connectivity index (χ2v) is 7.15. The van der Waals surface area contributed by atoms with Crippen molar-refractivity contribution in [1.29, 1.82) is 0 Å². The fraction of sp³-hybridized carbons (Fsp3) is 0.217. The molecule has 1 N–H and O–H groups in total. The summed E-state index contributed by atoms with van der Waals surface area (Å²) in [4.78, 5) is 12.4. The van der Waals surface area contributed by atoms with Crippen molar-refractivity contribution in [2.24, 2.45) is 5.10 Å². The van der Waals surface area contributed by atoms with Gasteiger partial charge in [-0.25, -0.2) is 5.43 Å². The Morgan fingerprint density at radius 2 is 1.72 bits per heavy atom. The Balaban J connectivity index is 1.67. The number of nitrogens with one attached hydrogen (secondary N) is 1. The summed E-state index contributed by atoms with van der Waals surface area (Å²) in [6, 6.07) is 17.5. The molecule has 0 aliphatic rings. The van der Waals surface area contributed by atoms with E-state index in [0.717, 1.165) is 26.4 Å². The summed E-state index contributed by atoms with van der Waals surface area (Å²) < 4.78 is 12.2. The van der Waals surface area contributed by atoms with Crippen molar-refractivity contribution < 1.29 is 14.3 Å². The third-order valence-corrected chi connectivity index (χ3v) is 4.97. The zero-order valence-electron chi connectivity index (χ0n) is 16.4. The highest BCUT2D eigenvalue weighted by Gasteiger charge is 2.09. The first-order valence-electron chi connectivity index (χ1n) is 9.50. The fourth-order valence-electron chi connectivity index (χ4n) is 3.02. The van der Waals surface area contributed by atoms with E-state index >= 15 is 0 Å². The number of ether oxygens (including phenoxy) is 2. The van der Waals surface area contributed by atoms with E-state index < -0.39 is 0 Å². The zero-order valence-corrected chi connectivity index (χ0v) is 18.0. The molecule has 0 atom stereocenters. The third kappa shape index (κ3) is 5.35. The summed E-state index contributed by atoms with van der Waals surface area (Å²) in [5.41, 5.74) is 4.36. The van der Waals surface area contributed by atoms with Crippen LogP contribution in [-0.4, -0.2) is 25.3 Å². The van der Waals surface area contributed by atoms with Crippen LogP contribution in [0, 0.1) is 0 Å². The van der Waals surface area contributed by atoms with E-state index in [1.165, 1.54) is 0 Å². The Morgan fingerprint density at radius 3 is 2.48 bits per heavy atom. The molecule has 0 fully saturated rings. The van der Waals surface area contributed by atoms with Crippen molar-refractivity contribution in [2.45, 2.75) is 20.3 Å². The van der Waals surface area contributed by atoms with Gasteiger partial charge in [-0.2, -0.15) is 5.10 Å². The molecule has 0 bridgehead atoms. The van der Waals surface area contributed by atoms with Gasteiger partial charge in [-0.1, -0.05) is 46.3 Å². The van der Waals surface area contributed by atoms with Crippen LogP contribution >= 0.6 is 15.9 Å². The lowest BCUT2D eigenvalue weighted by molar-refractivity contribution is -0.120. The summed E-state index contributed by atoms with van der Waals surface area (Å²) in [5, 5.41) is 6.21. The van der Waals surface area contributed by atoms with Crippen molar-refractivity contribution in [2.75, 3.05) is 13.2 Å². The SMILES string of the molecule is CCOc1ccc(/C=N/NC(=O)Cc2ccc(Br)c3ccccc23)cc1OCC. The van der Waals surface area contributed by atoms with Crippen molar-refractivity contribution in [3.05, 3.63) is 70.2 Å². The van der Waals surface area contributed by atoms with E-state index in [1.807, 2.05) is 68.4 Å². The number of hydrogen-bond donors (Lipinski definition) is 1. The van der Waals surface area contributed by atoms with Crippen molar-refractivity contribution in [3.8, 4) is 11.5 Å². The Hall–Kier alpha value is -2.86. The molecule has 150 valence electrons. The molecule has 6 heteroatoms. The normalized spacial score (nSPS) is 11.0. The monoisotopic (exact) mass is 454 g/mol. The number of rotatable bonds is 8. The number of hydrogen-bond acceptors (Lipinski definition) is 4. The van der Waals surface area contributed by atoms with Crippen molar-refractivity contribution >= 4 is 38.8 Å². The number of fused-ring (bicyclic) bond motifs is 1. The zero-order chi connectivity index (χ0) is 20.6. The Bertz CT molecular complexity index is 1030. The number of nitrogens with zero attached hydrogens (tertiary/aromatic N) is 1. The Kier molecular flexibility index (Phi) is 7.25. The first kappa shape index (κ1) is 20.9. The number of hydrazone groups is 1. The van der Waals surface area contributed by atoms with Crippen LogP contribution in [0.3, 0.4) is 0 Å². The van der Waals surface area contributed by atoms with E-state index in [0.29, 0.717) is 24.7 Å². The molecule has 0 saturated heterocycles. The average Bonchev–Trinajstić information content (AvgIpc) is 2.72. The van der Waals surface area contributed by atoms with Gasteiger partial charge in [0.25, 0.3) is 0 Å². The minimum Gasteiger partial charge on any atom is -0.490 e. The quantitative estimate of drug-likeness (QED) is 0.380. The Labute approximate surface area is 178 Å². The van der Waals surface area contributed by atoms with Crippen LogP contribution in [-0.2, 0) is 11.2 Å². The molecule has 0 heterocycles. The summed E-state index contributed by atoms with van der Waals surface area (Å²) in [6.45, 7) is 4.95. The molecule has 3 aromatic rings. The summed E-state index contributed by atoms with van der Waals surface area (Å²) >= 11 is 3.55. The van der Waals surface area contributed by atoms with Gasteiger partial charge < -0.3 is 9.47 Å². The molecular formula is C23H23BrN2O3. The number of halogens is 1. The summed E-state index contributed by atoms with van der Waals surface area (Å²) in [6.07, 6.45) is 1.84. The first-order valence-corrected chi connectivity index (χ1v) is 10.3. The molecule has 3 aromatic carbocycles. The summed E-state index contributed by atoms with van der Waals surface area (Å²) in [7, 11) is 0. The fourth-order valence-corrected chi connectivity index (χ4v) is 3.50. The van der Waals surface area contributed by atoms with Crippen LogP contribution < -0.4 is 14.9 Å². The molecule has 1 amide bonds. The molecule has 0 aromatic heterocycles. The molecule has 0 aliphatic carbocycles. The minimum atomic E-state index is -0.176. The summed E-state index contributed by atoms with van der Waals surface area (Å²) in [5.74, 6) is 1.17. The molecule has 0 radical (unpaired) electrons. The lowest BCUT2D eigenvalue weighted by atomic mass is 10.0. The van der Waals surface area contributed by atoms with Gasteiger partial charge in [0.15, 0.2) is 11.5 Å². The highest BCUT2D eigenvalue weighted by atomic mass is 79.9. The van der Waals surface area contributed by atoms with Gasteiger partial charge in [0.2, 0.25) is 5.91 Å². The molecule has 5 nitrogen and oxygen atoms in total. The van der Waals surface area contributed by atoms with E-state index in [4.69, 9.17) is 9.47 Å². The van der Waals surface area contributed by atoms with Gasteiger partial charge in [0.05, 0.1) is 25.8 Å². The van der Waals surface area contributed by atoms with Crippen LogP contribution in [0.1, 0.15) is 25.0 Å². The van der Waals surface area contributed by atoms with E-state index in [9.17, 15) is 4.79 Å². The predicted molar refractivity (Wildman–Crippen MR) is 120 cm³/mol. The Morgan fingerprint density at radius 1 is 1.00 bits per heavy atom. The van der Waals surface area contributed by atoms with Crippen molar-refractivity contribution in [3.63, 3.8) is 0 Å². The first-order chi connectivity index (χ1) is 14.1. The van der Waals surface area contributed by atoms with Gasteiger partial charge in [0.1, 0.15) is 0 Å². The van der Waals surface area contributed by atoms with Gasteiger partial charge >= 0.3 is 0 Å². The highest BCUT2D eigenvalue weighted by Crippen LogP contribution is 2.28. The van der Waals surface area contributed by atoms with Gasteiger partial charge in [-0.15, -0.1) is 0 Å². The van der Waals surface area contributed by atoms with E-state index in [2.05, 4.69) is 26.5 Å². The van der Waals surface area contributed by atoms with Crippen LogP contribution in [0.4, 0.5) is 0 Å². The smallest absolute Gasteiger partial charge is 0.244 e. The van der Waals surface area contributed by atoms with E-state index in [-0.39, 0.29) is 12.3 Å². The highest BCUT2D eigenvalue weighted by molar-refractivity contribution is 9.10. The second kappa shape index (κ2) is 10.1. The van der Waals surface area contributed by atoms with Crippen LogP contribution in [0.15, 0.2) is 64.2 Å². The van der Waals surface area contributed by atoms with Crippen molar-refractivity contribution in [1.82, 2.24) is 5.43 Å². The van der Waals surface area contributed by atoms with Crippen LogP contribution in [0.5, 0.6) is 11.5 Å². The van der Waals surface area contributed by atoms with Gasteiger partial charge in [-0.05, 0) is 60.0 Å². The topological polar surface area (TPSA) is 59.9 Å². The number of benzene rings is 3. The lowest BCUT2D eigenvalue weighted by Gasteiger charge is -2.11. The van der Waals surface area contributed by atoms with E-state index in [1.54, 1.807) is 6.21 Å². The lowest BCUT2D eigenvalue weighted by Crippen LogP contribution is -2.19. The van der Waals surface area contributed by atoms with Crippen LogP contribution in [0.25, 0.3) is 10.8 Å². The predicted octanol–water partition coefficient (Wildman–Crippen LogP) is 5.09. The number of amides is 1. The van der Waals surface area contributed by atoms with Gasteiger partial charge in [0, 0.05) is 4.47 Å². The van der Waals surface area contributed by atoms with Crippen LogP contribution in [0.2, 0.25) is 0 Å². The maximum absolute atomic E-state index is 12.4. The molecule has 0 unspecified atom stereocenters. The largest absolute Gasteiger partial charge is 0.490 e. The number of carbonyl (C=O) groups is 1. The maximum Gasteiger partial charge on any atom is 0.244 e. The molecule has 0 aliphatic heterocycles. The average molecular weight is 455 g/mol. The standard InChI is InChI=1S/C23H23BrN2O3/c1-3-28-21-12-9-16(13-22(21)29-4-2)15-25-26-23(27)14-17-10-11-20(24)19-8-6-5-7-18(17)19/h5-13,15H,3-4,14H2,1-2H3,(H,26,27)/b25-15+. The molecule has 29 heavy (non-hydrogen) atoms. The molecular weight excluding hydrogens is 432 g/mol. The minimum absolute atomic E-state index is 0.176. The second-order valence-electron chi connectivity index (χ2n) is 6.29. The molecule has 3 rings (SSSR count).